The number of rotatable bonds is 2. The predicted octanol–water partition coefficient (Wildman–Crippen LogP) is 4.09. The van der Waals surface area contributed by atoms with Crippen molar-refractivity contribution < 1.29 is 4.39 Å². The summed E-state index contributed by atoms with van der Waals surface area (Å²) < 4.78 is 13.5. The normalized spacial score (nSPS) is 21.8. The first kappa shape index (κ1) is 13.3. The number of hydrogen-bond donors (Lipinski definition) is 1. The lowest BCUT2D eigenvalue weighted by Crippen LogP contribution is -2.43. The van der Waals surface area contributed by atoms with Crippen molar-refractivity contribution in [2.75, 3.05) is 0 Å². The van der Waals surface area contributed by atoms with Gasteiger partial charge in [-0.2, -0.15) is 0 Å². The molecule has 0 fully saturated rings. The largest absolute Gasteiger partial charge is 0.303 e. The first-order valence-electron chi connectivity index (χ1n) is 7.24. The Labute approximate surface area is 119 Å². The van der Waals surface area contributed by atoms with E-state index in [1.165, 1.54) is 17.2 Å². The monoisotopic (exact) mass is 269 g/mol. The molecule has 0 bridgehead atoms. The Balaban J connectivity index is 2.05. The molecule has 20 heavy (non-hydrogen) atoms. The van der Waals surface area contributed by atoms with Crippen LogP contribution in [0.1, 0.15) is 36.6 Å². The van der Waals surface area contributed by atoms with Crippen LogP contribution in [0, 0.1) is 11.7 Å². The smallest absolute Gasteiger partial charge is 0.123 e. The second-order valence-electron chi connectivity index (χ2n) is 5.91. The molecule has 0 radical (unpaired) electrons. The highest BCUT2D eigenvalue weighted by Gasteiger charge is 2.28. The highest BCUT2D eigenvalue weighted by Crippen LogP contribution is 2.32. The van der Waals surface area contributed by atoms with Gasteiger partial charge in [0.05, 0.1) is 6.04 Å². The van der Waals surface area contributed by atoms with Crippen LogP contribution >= 0.6 is 0 Å². The van der Waals surface area contributed by atoms with E-state index in [9.17, 15) is 4.39 Å². The molecule has 2 atom stereocenters. The maximum Gasteiger partial charge on any atom is 0.123 e. The van der Waals surface area contributed by atoms with E-state index in [0.29, 0.717) is 12.0 Å². The van der Waals surface area contributed by atoms with E-state index in [2.05, 4.69) is 43.4 Å². The molecule has 1 N–H and O–H groups in total. The van der Waals surface area contributed by atoms with Crippen molar-refractivity contribution in [2.45, 2.75) is 32.4 Å². The van der Waals surface area contributed by atoms with Gasteiger partial charge >= 0.3 is 0 Å². The van der Waals surface area contributed by atoms with E-state index in [0.717, 1.165) is 12.0 Å². The molecule has 2 heteroatoms. The minimum absolute atomic E-state index is 0.0862. The Hall–Kier alpha value is -1.67. The molecule has 2 aromatic rings. The van der Waals surface area contributed by atoms with E-state index in [1.807, 2.05) is 6.07 Å². The Morgan fingerprint density at radius 1 is 1.10 bits per heavy atom. The third-order valence-electron chi connectivity index (χ3n) is 4.17. The van der Waals surface area contributed by atoms with Gasteiger partial charge in [0.1, 0.15) is 5.82 Å². The zero-order valence-corrected chi connectivity index (χ0v) is 11.9. The third kappa shape index (κ3) is 2.48. The molecule has 0 aliphatic carbocycles. The summed E-state index contributed by atoms with van der Waals surface area (Å²) in [4.78, 5) is 0. The van der Waals surface area contributed by atoms with Crippen molar-refractivity contribution in [3.05, 3.63) is 71.0 Å². The molecule has 104 valence electrons. The molecule has 0 amide bonds. The first-order valence-corrected chi connectivity index (χ1v) is 7.24. The van der Waals surface area contributed by atoms with E-state index in [-0.39, 0.29) is 11.9 Å². The fourth-order valence-corrected chi connectivity index (χ4v) is 2.99. The third-order valence-corrected chi connectivity index (χ3v) is 4.17. The quantitative estimate of drug-likeness (QED) is 0.866. The van der Waals surface area contributed by atoms with Gasteiger partial charge < -0.3 is 5.32 Å². The summed E-state index contributed by atoms with van der Waals surface area (Å²) >= 11 is 0. The number of benzene rings is 2. The molecular formula is C18H20FN. The van der Waals surface area contributed by atoms with Gasteiger partial charge in [-0.25, -0.2) is 4.39 Å². The van der Waals surface area contributed by atoms with Crippen LogP contribution in [0.5, 0.6) is 0 Å². The first-order chi connectivity index (χ1) is 9.65. The van der Waals surface area contributed by atoms with Crippen molar-refractivity contribution in [3.8, 4) is 0 Å². The van der Waals surface area contributed by atoms with E-state index in [4.69, 9.17) is 0 Å². The molecule has 1 heterocycles. The second kappa shape index (κ2) is 5.37. The molecular weight excluding hydrogens is 249 g/mol. The second-order valence-corrected chi connectivity index (χ2v) is 5.91. The van der Waals surface area contributed by atoms with Gasteiger partial charge in [-0.3, -0.25) is 0 Å². The van der Waals surface area contributed by atoms with Gasteiger partial charge in [-0.15, -0.1) is 0 Å². The molecule has 2 unspecified atom stereocenters. The maximum absolute atomic E-state index is 13.5. The van der Waals surface area contributed by atoms with Crippen molar-refractivity contribution in [2.24, 2.45) is 5.92 Å². The van der Waals surface area contributed by atoms with Crippen LogP contribution < -0.4 is 5.32 Å². The summed E-state index contributed by atoms with van der Waals surface area (Å²) in [6, 6.07) is 15.9. The molecule has 3 rings (SSSR count). The van der Waals surface area contributed by atoms with Crippen LogP contribution in [0.4, 0.5) is 4.39 Å². The molecule has 1 nitrogen and oxygen atoms in total. The van der Waals surface area contributed by atoms with Crippen molar-refractivity contribution in [1.82, 2.24) is 5.32 Å². The van der Waals surface area contributed by atoms with Crippen LogP contribution in [0.3, 0.4) is 0 Å². The predicted molar refractivity (Wildman–Crippen MR) is 80.2 cm³/mol. The molecule has 0 aromatic heterocycles. The highest BCUT2D eigenvalue weighted by molar-refractivity contribution is 5.40. The van der Waals surface area contributed by atoms with Crippen LogP contribution in [-0.2, 0) is 6.42 Å². The summed E-state index contributed by atoms with van der Waals surface area (Å²) in [5, 5.41) is 3.69. The van der Waals surface area contributed by atoms with Gasteiger partial charge in [-0.1, -0.05) is 50.2 Å². The summed E-state index contributed by atoms with van der Waals surface area (Å²) in [7, 11) is 0. The van der Waals surface area contributed by atoms with Crippen LogP contribution in [0.25, 0.3) is 0 Å². The SMILES string of the molecule is CC(C)C1Cc2ccccc2C(c2cccc(F)c2)N1. The molecule has 0 spiro atoms. The fourth-order valence-electron chi connectivity index (χ4n) is 2.99. The summed E-state index contributed by atoms with van der Waals surface area (Å²) in [6.45, 7) is 4.46. The molecule has 1 aliphatic rings. The van der Waals surface area contributed by atoms with Gasteiger partial charge in [-0.05, 0) is 41.2 Å². The Morgan fingerprint density at radius 3 is 2.65 bits per heavy atom. The van der Waals surface area contributed by atoms with Crippen LogP contribution in [0.15, 0.2) is 48.5 Å². The van der Waals surface area contributed by atoms with Gasteiger partial charge in [0, 0.05) is 6.04 Å². The Kier molecular flexibility index (Phi) is 3.58. The lowest BCUT2D eigenvalue weighted by atomic mass is 9.83. The summed E-state index contributed by atoms with van der Waals surface area (Å²) in [5.74, 6) is 0.382. The maximum atomic E-state index is 13.5. The fraction of sp³-hybridized carbons (Fsp3) is 0.333. The van der Waals surface area contributed by atoms with E-state index in [1.54, 1.807) is 12.1 Å². The van der Waals surface area contributed by atoms with E-state index < -0.39 is 0 Å². The molecule has 2 aromatic carbocycles. The van der Waals surface area contributed by atoms with Gasteiger partial charge in [0.15, 0.2) is 0 Å². The van der Waals surface area contributed by atoms with Crippen LogP contribution in [-0.4, -0.2) is 6.04 Å². The minimum Gasteiger partial charge on any atom is -0.303 e. The minimum atomic E-state index is -0.173. The average Bonchev–Trinajstić information content (AvgIpc) is 2.46. The molecule has 0 saturated carbocycles. The van der Waals surface area contributed by atoms with Crippen LogP contribution in [0.2, 0.25) is 0 Å². The lowest BCUT2D eigenvalue weighted by Gasteiger charge is -2.35. The average molecular weight is 269 g/mol. The van der Waals surface area contributed by atoms with Crippen molar-refractivity contribution in [1.29, 1.82) is 0 Å². The number of halogens is 1. The van der Waals surface area contributed by atoms with Gasteiger partial charge in [0.2, 0.25) is 0 Å². The standard InChI is InChI=1S/C18H20FN/c1-12(2)17-11-13-6-3-4-9-16(13)18(20-17)14-7-5-8-15(19)10-14/h3-10,12,17-18,20H,11H2,1-2H3. The highest BCUT2D eigenvalue weighted by atomic mass is 19.1. The topological polar surface area (TPSA) is 12.0 Å². The number of fused-ring (bicyclic) bond motifs is 1. The summed E-state index contributed by atoms with van der Waals surface area (Å²) in [5.41, 5.74) is 3.65. The Bertz CT molecular complexity index is 606. The van der Waals surface area contributed by atoms with Crippen molar-refractivity contribution in [3.63, 3.8) is 0 Å². The van der Waals surface area contributed by atoms with Crippen molar-refractivity contribution >= 4 is 0 Å². The number of nitrogens with one attached hydrogen (secondary N) is 1. The Morgan fingerprint density at radius 2 is 1.90 bits per heavy atom. The lowest BCUT2D eigenvalue weighted by molar-refractivity contribution is 0.351. The zero-order chi connectivity index (χ0) is 14.1. The zero-order valence-electron chi connectivity index (χ0n) is 11.9. The number of hydrogen-bond acceptors (Lipinski definition) is 1. The molecule has 1 aliphatic heterocycles. The molecule has 0 saturated heterocycles. The summed E-state index contributed by atoms with van der Waals surface area (Å²) in [6.07, 6.45) is 1.04. The van der Waals surface area contributed by atoms with Gasteiger partial charge in [0.25, 0.3) is 0 Å². The van der Waals surface area contributed by atoms with E-state index >= 15 is 0 Å².